The molecule has 0 aliphatic heterocycles. The van der Waals surface area contributed by atoms with Crippen molar-refractivity contribution >= 4 is 11.6 Å². The van der Waals surface area contributed by atoms with E-state index in [0.29, 0.717) is 24.2 Å². The van der Waals surface area contributed by atoms with Crippen molar-refractivity contribution in [2.45, 2.75) is 33.0 Å². The molecule has 0 radical (unpaired) electrons. The lowest BCUT2D eigenvalue weighted by Gasteiger charge is -2.14. The van der Waals surface area contributed by atoms with E-state index < -0.39 is 0 Å². The summed E-state index contributed by atoms with van der Waals surface area (Å²) < 4.78 is 7.89. The molecule has 0 unspecified atom stereocenters. The van der Waals surface area contributed by atoms with Crippen LogP contribution in [0.5, 0.6) is 5.75 Å². The van der Waals surface area contributed by atoms with Crippen LogP contribution in [-0.2, 0) is 13.2 Å². The molecule has 0 fully saturated rings. The Morgan fingerprint density at radius 2 is 2.21 bits per heavy atom. The molecule has 0 aliphatic rings. The van der Waals surface area contributed by atoms with E-state index in [4.69, 9.17) is 22.1 Å². The zero-order valence-corrected chi connectivity index (χ0v) is 11.9. The molecule has 1 aromatic heterocycles. The fourth-order valence-electron chi connectivity index (χ4n) is 1.93. The summed E-state index contributed by atoms with van der Waals surface area (Å²) in [5.41, 5.74) is 7.56. The first-order chi connectivity index (χ1) is 9.13. The molecular formula is C14H18ClN3O. The molecule has 19 heavy (non-hydrogen) atoms. The van der Waals surface area contributed by atoms with E-state index in [1.807, 2.05) is 30.7 Å². The van der Waals surface area contributed by atoms with Crippen LogP contribution in [0.1, 0.15) is 31.1 Å². The zero-order valence-electron chi connectivity index (χ0n) is 11.1. The molecule has 4 nitrogen and oxygen atoms in total. The largest absolute Gasteiger partial charge is 0.487 e. The first kappa shape index (κ1) is 13.9. The van der Waals surface area contributed by atoms with Crippen LogP contribution in [0.4, 0.5) is 0 Å². The predicted octanol–water partition coefficient (Wildman–Crippen LogP) is 3.16. The van der Waals surface area contributed by atoms with E-state index in [9.17, 15) is 0 Å². The summed E-state index contributed by atoms with van der Waals surface area (Å²) in [7, 11) is 0. The third kappa shape index (κ3) is 3.08. The minimum atomic E-state index is 0.356. The molecule has 1 aromatic carbocycles. The first-order valence-corrected chi connectivity index (χ1v) is 6.62. The van der Waals surface area contributed by atoms with Crippen molar-refractivity contribution in [3.8, 4) is 5.75 Å². The molecule has 0 amide bonds. The van der Waals surface area contributed by atoms with E-state index in [1.165, 1.54) is 0 Å². The van der Waals surface area contributed by atoms with Crippen molar-refractivity contribution < 1.29 is 4.74 Å². The number of nitrogens with two attached hydrogens (primary N) is 1. The van der Waals surface area contributed by atoms with Gasteiger partial charge in [0.15, 0.2) is 0 Å². The number of imidazole rings is 1. The Morgan fingerprint density at radius 1 is 1.42 bits per heavy atom. The van der Waals surface area contributed by atoms with Gasteiger partial charge < -0.3 is 15.0 Å². The predicted molar refractivity (Wildman–Crippen MR) is 76.3 cm³/mol. The lowest BCUT2D eigenvalue weighted by molar-refractivity contribution is 0.289. The smallest absolute Gasteiger partial charge is 0.130 e. The second kappa shape index (κ2) is 6.08. The van der Waals surface area contributed by atoms with E-state index in [-0.39, 0.29) is 0 Å². The summed E-state index contributed by atoms with van der Waals surface area (Å²) in [6, 6.07) is 5.91. The number of halogens is 1. The molecular weight excluding hydrogens is 262 g/mol. The van der Waals surface area contributed by atoms with Gasteiger partial charge in [0.2, 0.25) is 0 Å². The highest BCUT2D eigenvalue weighted by Gasteiger charge is 2.09. The normalized spacial score (nSPS) is 11.0. The van der Waals surface area contributed by atoms with Gasteiger partial charge in [0, 0.05) is 23.2 Å². The van der Waals surface area contributed by atoms with Crippen molar-refractivity contribution in [2.24, 2.45) is 5.73 Å². The molecule has 5 heteroatoms. The molecule has 0 spiro atoms. The quantitative estimate of drug-likeness (QED) is 0.915. The SMILES string of the molecule is CC(C)n1cncc1COc1cccc(Cl)c1CN. The summed E-state index contributed by atoms with van der Waals surface area (Å²) >= 11 is 6.09. The molecule has 2 rings (SSSR count). The molecule has 0 bridgehead atoms. The lowest BCUT2D eigenvalue weighted by atomic mass is 10.2. The van der Waals surface area contributed by atoms with Gasteiger partial charge in [0.25, 0.3) is 0 Å². The van der Waals surface area contributed by atoms with Gasteiger partial charge in [0.1, 0.15) is 12.4 Å². The highest BCUT2D eigenvalue weighted by Crippen LogP contribution is 2.26. The van der Waals surface area contributed by atoms with E-state index >= 15 is 0 Å². The molecule has 2 aromatic rings. The van der Waals surface area contributed by atoms with Crippen molar-refractivity contribution in [1.82, 2.24) is 9.55 Å². The molecule has 1 heterocycles. The zero-order chi connectivity index (χ0) is 13.8. The number of hydrogen-bond donors (Lipinski definition) is 1. The summed E-state index contributed by atoms with van der Waals surface area (Å²) in [5.74, 6) is 0.728. The highest BCUT2D eigenvalue weighted by molar-refractivity contribution is 6.31. The third-order valence-electron chi connectivity index (χ3n) is 2.96. The first-order valence-electron chi connectivity index (χ1n) is 6.24. The summed E-state index contributed by atoms with van der Waals surface area (Å²) in [4.78, 5) is 4.15. The van der Waals surface area contributed by atoms with Crippen LogP contribution >= 0.6 is 11.6 Å². The lowest BCUT2D eigenvalue weighted by Crippen LogP contribution is -2.09. The fourth-order valence-corrected chi connectivity index (χ4v) is 2.18. The van der Waals surface area contributed by atoms with Gasteiger partial charge in [-0.15, -0.1) is 0 Å². The van der Waals surface area contributed by atoms with Crippen LogP contribution in [0.25, 0.3) is 0 Å². The number of ether oxygens (including phenoxy) is 1. The van der Waals surface area contributed by atoms with E-state index in [0.717, 1.165) is 17.0 Å². The van der Waals surface area contributed by atoms with Crippen LogP contribution in [0.15, 0.2) is 30.7 Å². The standard InChI is InChI=1S/C14H18ClN3O/c1-10(2)18-9-17-7-11(18)8-19-14-5-3-4-13(15)12(14)6-16/h3-5,7,9-10H,6,8,16H2,1-2H3. The van der Waals surface area contributed by atoms with Crippen LogP contribution in [0, 0.1) is 0 Å². The summed E-state index contributed by atoms with van der Waals surface area (Å²) in [6.45, 7) is 5.02. The Bertz CT molecular complexity index is 551. The molecule has 0 saturated carbocycles. The van der Waals surface area contributed by atoms with Crippen molar-refractivity contribution in [2.75, 3.05) is 0 Å². The minimum Gasteiger partial charge on any atom is -0.487 e. The number of aromatic nitrogens is 2. The average Bonchev–Trinajstić information content (AvgIpc) is 2.84. The highest BCUT2D eigenvalue weighted by atomic mass is 35.5. The van der Waals surface area contributed by atoms with Gasteiger partial charge in [-0.05, 0) is 26.0 Å². The maximum atomic E-state index is 6.09. The Labute approximate surface area is 118 Å². The van der Waals surface area contributed by atoms with Crippen LogP contribution in [0.2, 0.25) is 5.02 Å². The second-order valence-corrected chi connectivity index (χ2v) is 5.00. The van der Waals surface area contributed by atoms with E-state index in [2.05, 4.69) is 23.4 Å². The van der Waals surface area contributed by atoms with E-state index in [1.54, 1.807) is 0 Å². The third-order valence-corrected chi connectivity index (χ3v) is 3.31. The van der Waals surface area contributed by atoms with Gasteiger partial charge in [-0.2, -0.15) is 0 Å². The molecule has 0 saturated heterocycles. The van der Waals surface area contributed by atoms with Crippen molar-refractivity contribution in [1.29, 1.82) is 0 Å². The van der Waals surface area contributed by atoms with Gasteiger partial charge >= 0.3 is 0 Å². The molecule has 0 atom stereocenters. The van der Waals surface area contributed by atoms with Gasteiger partial charge in [-0.3, -0.25) is 0 Å². The molecule has 0 aliphatic carbocycles. The maximum absolute atomic E-state index is 6.09. The van der Waals surface area contributed by atoms with Crippen LogP contribution < -0.4 is 10.5 Å². The average molecular weight is 280 g/mol. The van der Waals surface area contributed by atoms with Crippen molar-refractivity contribution in [3.63, 3.8) is 0 Å². The van der Waals surface area contributed by atoms with Crippen molar-refractivity contribution in [3.05, 3.63) is 47.0 Å². The maximum Gasteiger partial charge on any atom is 0.130 e. The number of rotatable bonds is 5. The summed E-state index contributed by atoms with van der Waals surface area (Å²) in [5, 5.41) is 0.636. The van der Waals surface area contributed by atoms with Gasteiger partial charge in [-0.25, -0.2) is 4.98 Å². The Hall–Kier alpha value is -1.52. The Balaban J connectivity index is 2.15. The summed E-state index contributed by atoms with van der Waals surface area (Å²) in [6.07, 6.45) is 3.62. The van der Waals surface area contributed by atoms with Gasteiger partial charge in [0.05, 0.1) is 18.2 Å². The second-order valence-electron chi connectivity index (χ2n) is 4.60. The molecule has 2 N–H and O–H groups in total. The topological polar surface area (TPSA) is 53.1 Å². The number of benzene rings is 1. The number of nitrogens with zero attached hydrogens (tertiary/aromatic N) is 2. The fraction of sp³-hybridized carbons (Fsp3) is 0.357. The molecule has 102 valence electrons. The van der Waals surface area contributed by atoms with Crippen LogP contribution in [-0.4, -0.2) is 9.55 Å². The Morgan fingerprint density at radius 3 is 2.89 bits per heavy atom. The number of hydrogen-bond acceptors (Lipinski definition) is 3. The minimum absolute atomic E-state index is 0.356. The van der Waals surface area contributed by atoms with Crippen LogP contribution in [0.3, 0.4) is 0 Å². The Kier molecular flexibility index (Phi) is 4.45. The van der Waals surface area contributed by atoms with Gasteiger partial charge in [-0.1, -0.05) is 17.7 Å². The monoisotopic (exact) mass is 279 g/mol.